The number of Topliss-reactive ketones (excluding diaryl/α,β-unsaturated/α-hetero) is 1. The maximum absolute atomic E-state index is 13.2. The summed E-state index contributed by atoms with van der Waals surface area (Å²) in [6, 6.07) is 9.69. The Hall–Kier alpha value is -1.94. The van der Waals surface area contributed by atoms with Crippen molar-refractivity contribution in [2.45, 2.75) is 51.4 Å². The minimum atomic E-state index is -0.841. The number of aryl methyl sites for hydroxylation is 1. The molecule has 0 unspecified atom stereocenters. The van der Waals surface area contributed by atoms with Crippen molar-refractivity contribution >= 4 is 23.1 Å². The summed E-state index contributed by atoms with van der Waals surface area (Å²) in [7, 11) is 0. The van der Waals surface area contributed by atoms with Gasteiger partial charge in [-0.05, 0) is 96.4 Å². The van der Waals surface area contributed by atoms with Crippen LogP contribution in [0, 0.1) is 23.2 Å². The summed E-state index contributed by atoms with van der Waals surface area (Å²) in [4.78, 5) is 25.4. The summed E-state index contributed by atoms with van der Waals surface area (Å²) >= 11 is 1.58. The monoisotopic (exact) mass is 394 g/mol. The third kappa shape index (κ3) is 2.61. The zero-order valence-electron chi connectivity index (χ0n) is 16.2. The van der Waals surface area contributed by atoms with Crippen molar-refractivity contribution in [1.82, 2.24) is 0 Å². The molecule has 4 heteroatoms. The average molecular weight is 395 g/mol. The lowest BCUT2D eigenvalue weighted by atomic mass is 9.54. The molecule has 2 aromatic rings. The van der Waals surface area contributed by atoms with E-state index in [1.807, 2.05) is 23.6 Å². The lowest BCUT2D eigenvalue weighted by molar-refractivity contribution is 0.0278. The van der Waals surface area contributed by atoms with Crippen LogP contribution in [0.1, 0.15) is 76.1 Å². The molecule has 0 radical (unpaired) electrons. The maximum Gasteiger partial charge on any atom is 0.335 e. The number of hydrogen-bond acceptors (Lipinski definition) is 3. The summed E-state index contributed by atoms with van der Waals surface area (Å²) < 4.78 is 0. The Morgan fingerprint density at radius 3 is 2.75 bits per heavy atom. The fourth-order valence-electron chi connectivity index (χ4n) is 6.74. The van der Waals surface area contributed by atoms with Gasteiger partial charge in [0.1, 0.15) is 0 Å². The van der Waals surface area contributed by atoms with Gasteiger partial charge < -0.3 is 5.11 Å². The summed E-state index contributed by atoms with van der Waals surface area (Å²) in [5.41, 5.74) is 3.12. The third-order valence-electron chi connectivity index (χ3n) is 8.05. The van der Waals surface area contributed by atoms with Gasteiger partial charge in [-0.2, -0.15) is 0 Å². The highest BCUT2D eigenvalue weighted by Gasteiger charge is 2.56. The van der Waals surface area contributed by atoms with Crippen molar-refractivity contribution in [2.24, 2.45) is 23.2 Å². The van der Waals surface area contributed by atoms with Gasteiger partial charge in [-0.3, -0.25) is 4.79 Å². The van der Waals surface area contributed by atoms with Crippen LogP contribution < -0.4 is 0 Å². The Kier molecular flexibility index (Phi) is 4.24. The van der Waals surface area contributed by atoms with Gasteiger partial charge in [0.05, 0.1) is 10.4 Å². The van der Waals surface area contributed by atoms with E-state index in [1.54, 1.807) is 17.4 Å². The van der Waals surface area contributed by atoms with Gasteiger partial charge in [0.25, 0.3) is 0 Å². The molecule has 0 spiro atoms. The Morgan fingerprint density at radius 1 is 1.14 bits per heavy atom. The number of aromatic carboxylic acids is 1. The van der Waals surface area contributed by atoms with Crippen LogP contribution >= 0.6 is 11.3 Å². The topological polar surface area (TPSA) is 54.4 Å². The standard InChI is InChI=1S/C24H26O3S/c1-24-11-10-17-16-6-5-15(23(26)27)13-14(16)4-7-18(17)19(24)8-9-20(24)22(25)21-3-2-12-28-21/h2-3,5-6,12-13,17-20H,4,7-11H2,1H3,(H,26,27)/t17-,18-,19+,20-,24+/m1/s1. The molecular weight excluding hydrogens is 368 g/mol. The molecule has 1 N–H and O–H groups in total. The average Bonchev–Trinajstić information content (AvgIpc) is 3.34. The van der Waals surface area contributed by atoms with Crippen LogP contribution in [0.15, 0.2) is 35.7 Å². The molecule has 1 aromatic heterocycles. The van der Waals surface area contributed by atoms with Crippen LogP contribution in [0.5, 0.6) is 0 Å². The van der Waals surface area contributed by atoms with Gasteiger partial charge in [-0.25, -0.2) is 4.79 Å². The molecule has 3 aliphatic rings. The molecule has 0 bridgehead atoms. The number of carboxylic acids is 1. The largest absolute Gasteiger partial charge is 0.478 e. The molecule has 0 saturated heterocycles. The zero-order chi connectivity index (χ0) is 19.5. The van der Waals surface area contributed by atoms with Gasteiger partial charge in [0.2, 0.25) is 0 Å². The quantitative estimate of drug-likeness (QED) is 0.669. The highest BCUT2D eigenvalue weighted by molar-refractivity contribution is 7.12. The first kappa shape index (κ1) is 18.1. The van der Waals surface area contributed by atoms with E-state index in [9.17, 15) is 14.7 Å². The molecule has 5 rings (SSSR count). The molecule has 2 saturated carbocycles. The lowest BCUT2D eigenvalue weighted by Crippen LogP contribution is -2.44. The first-order valence-corrected chi connectivity index (χ1v) is 11.3. The van der Waals surface area contributed by atoms with Gasteiger partial charge in [-0.1, -0.05) is 19.1 Å². The second-order valence-corrected chi connectivity index (χ2v) is 10.1. The molecule has 1 aromatic carbocycles. The second-order valence-electron chi connectivity index (χ2n) is 9.15. The third-order valence-corrected chi connectivity index (χ3v) is 8.94. The van der Waals surface area contributed by atoms with E-state index in [0.29, 0.717) is 29.1 Å². The molecule has 0 aliphatic heterocycles. The number of carbonyl (C=O) groups is 2. The van der Waals surface area contributed by atoms with Crippen LogP contribution in [-0.2, 0) is 6.42 Å². The first-order chi connectivity index (χ1) is 13.5. The summed E-state index contributed by atoms with van der Waals surface area (Å²) in [5, 5.41) is 11.3. The predicted molar refractivity (Wildman–Crippen MR) is 110 cm³/mol. The van der Waals surface area contributed by atoms with Gasteiger partial charge in [0.15, 0.2) is 5.78 Å². The molecule has 146 valence electrons. The van der Waals surface area contributed by atoms with E-state index >= 15 is 0 Å². The van der Waals surface area contributed by atoms with E-state index in [1.165, 1.54) is 11.1 Å². The molecular formula is C24H26O3S. The van der Waals surface area contributed by atoms with Crippen LogP contribution in [0.4, 0.5) is 0 Å². The fourth-order valence-corrected chi connectivity index (χ4v) is 7.46. The molecule has 3 nitrogen and oxygen atoms in total. The number of ketones is 1. The Balaban J connectivity index is 1.44. The van der Waals surface area contributed by atoms with Gasteiger partial charge >= 0.3 is 5.97 Å². The van der Waals surface area contributed by atoms with Crippen molar-refractivity contribution in [3.8, 4) is 0 Å². The minimum Gasteiger partial charge on any atom is -0.478 e. The number of carbonyl (C=O) groups excluding carboxylic acids is 1. The van der Waals surface area contributed by atoms with E-state index < -0.39 is 5.97 Å². The predicted octanol–water partition coefficient (Wildman–Crippen LogP) is 5.80. The molecule has 2 fully saturated rings. The Morgan fingerprint density at radius 2 is 2.00 bits per heavy atom. The smallest absolute Gasteiger partial charge is 0.335 e. The van der Waals surface area contributed by atoms with Crippen LogP contribution in [0.2, 0.25) is 0 Å². The molecule has 1 heterocycles. The van der Waals surface area contributed by atoms with Gasteiger partial charge in [0, 0.05) is 5.92 Å². The number of carboxylic acid groups (broad SMARTS) is 1. The highest BCUT2D eigenvalue weighted by atomic mass is 32.1. The maximum atomic E-state index is 13.2. The van der Waals surface area contributed by atoms with Crippen molar-refractivity contribution in [3.05, 3.63) is 57.3 Å². The van der Waals surface area contributed by atoms with Crippen molar-refractivity contribution < 1.29 is 14.7 Å². The summed E-state index contributed by atoms with van der Waals surface area (Å²) in [5.74, 6) is 1.44. The van der Waals surface area contributed by atoms with E-state index in [0.717, 1.165) is 43.4 Å². The lowest BCUT2D eigenvalue weighted by Gasteiger charge is -2.50. The number of benzene rings is 1. The summed E-state index contributed by atoms with van der Waals surface area (Å²) in [6.45, 7) is 2.38. The summed E-state index contributed by atoms with van der Waals surface area (Å²) in [6.07, 6.45) is 6.48. The SMILES string of the molecule is C[C@]12CC[C@@H]3c4ccc(C(=O)O)cc4CC[C@H]3[C@@H]1CC[C@@H]2C(=O)c1cccs1. The van der Waals surface area contributed by atoms with Crippen LogP contribution in [0.3, 0.4) is 0 Å². The number of fused-ring (bicyclic) bond motifs is 5. The van der Waals surface area contributed by atoms with Crippen molar-refractivity contribution in [1.29, 1.82) is 0 Å². The van der Waals surface area contributed by atoms with E-state index in [2.05, 4.69) is 13.0 Å². The van der Waals surface area contributed by atoms with E-state index in [-0.39, 0.29) is 11.3 Å². The van der Waals surface area contributed by atoms with Crippen LogP contribution in [0.25, 0.3) is 0 Å². The highest BCUT2D eigenvalue weighted by Crippen LogP contribution is 2.63. The van der Waals surface area contributed by atoms with Crippen molar-refractivity contribution in [2.75, 3.05) is 0 Å². The van der Waals surface area contributed by atoms with Crippen molar-refractivity contribution in [3.63, 3.8) is 0 Å². The zero-order valence-corrected chi connectivity index (χ0v) is 17.0. The molecule has 3 aliphatic carbocycles. The molecule has 5 atom stereocenters. The van der Waals surface area contributed by atoms with Gasteiger partial charge in [-0.15, -0.1) is 11.3 Å². The number of thiophene rings is 1. The molecule has 28 heavy (non-hydrogen) atoms. The number of rotatable bonds is 3. The Bertz CT molecular complexity index is 931. The molecule has 0 amide bonds. The second kappa shape index (κ2) is 6.55. The number of hydrogen-bond donors (Lipinski definition) is 1. The first-order valence-electron chi connectivity index (χ1n) is 10.4. The minimum absolute atomic E-state index is 0.112. The normalized spacial score (nSPS) is 33.6. The fraction of sp³-hybridized carbons (Fsp3) is 0.500. The van der Waals surface area contributed by atoms with Crippen LogP contribution in [-0.4, -0.2) is 16.9 Å². The van der Waals surface area contributed by atoms with E-state index in [4.69, 9.17) is 0 Å². The Labute approximate surface area is 169 Å².